The second-order valence-electron chi connectivity index (χ2n) is 3.15. The van der Waals surface area contributed by atoms with Crippen LogP contribution < -0.4 is 0 Å². The molecule has 0 aromatic rings. The van der Waals surface area contributed by atoms with Crippen LogP contribution in [0.15, 0.2) is 0 Å². The second kappa shape index (κ2) is 13.6. The van der Waals surface area contributed by atoms with Crippen molar-refractivity contribution in [1.29, 1.82) is 0 Å². The lowest BCUT2D eigenvalue weighted by atomic mass is 10.00. The molecule has 92 valence electrons. The predicted octanol–water partition coefficient (Wildman–Crippen LogP) is 2.91. The van der Waals surface area contributed by atoms with Crippen LogP contribution in [0.25, 0.3) is 0 Å². The molecule has 1 rings (SSSR count). The highest BCUT2D eigenvalue weighted by molar-refractivity contribution is 5.78. The molecule has 1 saturated carbocycles. The number of rotatable bonds is 2. The fourth-order valence-corrected chi connectivity index (χ4v) is 1.19. The molecular formula is C12H26O3. The minimum atomic E-state index is -0.602. The van der Waals surface area contributed by atoms with Crippen molar-refractivity contribution in [3.8, 4) is 0 Å². The van der Waals surface area contributed by atoms with Gasteiger partial charge in [-0.25, -0.2) is 0 Å². The van der Waals surface area contributed by atoms with E-state index in [-0.39, 0.29) is 0 Å². The van der Waals surface area contributed by atoms with Crippen LogP contribution in [0.2, 0.25) is 0 Å². The topological polar surface area (TPSA) is 46.5 Å². The molecule has 1 aliphatic rings. The molecule has 0 aromatic heterocycles. The highest BCUT2D eigenvalue weighted by Gasteiger charge is 2.05. The highest BCUT2D eigenvalue weighted by Crippen LogP contribution is 2.12. The normalized spacial score (nSPS) is 16.7. The number of ketones is 1. The zero-order valence-corrected chi connectivity index (χ0v) is 10.6. The third-order valence-electron chi connectivity index (χ3n) is 1.82. The van der Waals surface area contributed by atoms with Gasteiger partial charge in [-0.1, -0.05) is 20.3 Å². The first-order chi connectivity index (χ1) is 7.16. The van der Waals surface area contributed by atoms with Crippen LogP contribution in [0, 0.1) is 0 Å². The molecule has 0 bridgehead atoms. The third-order valence-corrected chi connectivity index (χ3v) is 1.82. The minimum absolute atomic E-state index is 0.464. The van der Waals surface area contributed by atoms with E-state index < -0.39 is 6.29 Å². The van der Waals surface area contributed by atoms with Crippen LogP contribution >= 0.6 is 0 Å². The van der Waals surface area contributed by atoms with Crippen LogP contribution in [-0.2, 0) is 9.53 Å². The summed E-state index contributed by atoms with van der Waals surface area (Å²) in [6, 6.07) is 0. The number of aliphatic hydroxyl groups is 1. The Bertz CT molecular complexity index is 125. The number of hydrogen-bond acceptors (Lipinski definition) is 3. The molecule has 0 aromatic carbocycles. The van der Waals surface area contributed by atoms with Crippen molar-refractivity contribution >= 4 is 5.78 Å². The van der Waals surface area contributed by atoms with Gasteiger partial charge in [-0.15, -0.1) is 0 Å². The van der Waals surface area contributed by atoms with Crippen molar-refractivity contribution in [3.63, 3.8) is 0 Å². The van der Waals surface area contributed by atoms with E-state index >= 15 is 0 Å². The minimum Gasteiger partial charge on any atom is -0.368 e. The van der Waals surface area contributed by atoms with Crippen molar-refractivity contribution in [1.82, 2.24) is 0 Å². The fourth-order valence-electron chi connectivity index (χ4n) is 1.19. The van der Waals surface area contributed by atoms with Gasteiger partial charge in [-0.2, -0.15) is 0 Å². The van der Waals surface area contributed by atoms with E-state index in [9.17, 15) is 4.79 Å². The Hall–Kier alpha value is -0.410. The van der Waals surface area contributed by atoms with Crippen LogP contribution in [0.4, 0.5) is 0 Å². The van der Waals surface area contributed by atoms with Gasteiger partial charge in [0.1, 0.15) is 5.78 Å². The van der Waals surface area contributed by atoms with E-state index in [0.29, 0.717) is 12.4 Å². The lowest BCUT2D eigenvalue weighted by Gasteiger charge is -2.05. The Morgan fingerprint density at radius 3 is 1.87 bits per heavy atom. The number of hydrogen-bond donors (Lipinski definition) is 1. The van der Waals surface area contributed by atoms with Gasteiger partial charge in [0.15, 0.2) is 6.29 Å². The summed E-state index contributed by atoms with van der Waals surface area (Å²) < 4.78 is 4.60. The monoisotopic (exact) mass is 218 g/mol. The summed E-state index contributed by atoms with van der Waals surface area (Å²) in [4.78, 5) is 10.5. The maximum Gasteiger partial charge on any atom is 0.151 e. The first kappa shape index (κ1) is 17.0. The molecule has 0 radical (unpaired) electrons. The van der Waals surface area contributed by atoms with Crippen LogP contribution in [0.1, 0.15) is 59.8 Å². The Labute approximate surface area is 93.8 Å². The van der Waals surface area contributed by atoms with Crippen LogP contribution in [0.3, 0.4) is 0 Å². The van der Waals surface area contributed by atoms with E-state index in [1.165, 1.54) is 6.42 Å². The quantitative estimate of drug-likeness (QED) is 0.725. The van der Waals surface area contributed by atoms with Gasteiger partial charge in [0.05, 0.1) is 0 Å². The molecule has 0 amide bonds. The molecule has 0 saturated heterocycles. The molecule has 1 fully saturated rings. The average Bonchev–Trinajstić information content (AvgIpc) is 2.22. The number of carbonyl (C=O) groups excluding carboxylic acids is 1. The standard InChI is InChI=1S/C6H10O.C4H10O2.C2H6/c7-6-4-2-1-3-5-6;1-3-6-4(2)5;1-2/h1-5H2;4-5H,3H2,1-2H3;1-2H3. The highest BCUT2D eigenvalue weighted by atomic mass is 16.6. The van der Waals surface area contributed by atoms with Crippen LogP contribution in [0.5, 0.6) is 0 Å². The zero-order valence-electron chi connectivity index (χ0n) is 10.6. The maximum atomic E-state index is 10.5. The summed E-state index contributed by atoms with van der Waals surface area (Å²) in [5.74, 6) is 0.464. The summed E-state index contributed by atoms with van der Waals surface area (Å²) in [6.45, 7) is 8.01. The Kier molecular flexibility index (Phi) is 15.4. The molecule has 1 N–H and O–H groups in total. The van der Waals surface area contributed by atoms with E-state index in [1.54, 1.807) is 6.92 Å². The van der Waals surface area contributed by atoms with Gasteiger partial charge in [0, 0.05) is 19.4 Å². The number of ether oxygens (including phenoxy) is 1. The van der Waals surface area contributed by atoms with Crippen molar-refractivity contribution in [2.75, 3.05) is 6.61 Å². The molecule has 3 heteroatoms. The Balaban J connectivity index is 0. The predicted molar refractivity (Wildman–Crippen MR) is 62.7 cm³/mol. The van der Waals surface area contributed by atoms with Gasteiger partial charge in [-0.05, 0) is 26.7 Å². The average molecular weight is 218 g/mol. The summed E-state index contributed by atoms with van der Waals surface area (Å²) in [7, 11) is 0. The van der Waals surface area contributed by atoms with E-state index in [4.69, 9.17) is 5.11 Å². The lowest BCUT2D eigenvalue weighted by Crippen LogP contribution is -2.04. The maximum absolute atomic E-state index is 10.5. The molecule has 1 unspecified atom stereocenters. The van der Waals surface area contributed by atoms with Gasteiger partial charge < -0.3 is 9.84 Å². The van der Waals surface area contributed by atoms with Crippen molar-refractivity contribution in [2.45, 2.75) is 66.1 Å². The molecule has 3 nitrogen and oxygen atoms in total. The molecule has 0 aliphatic heterocycles. The van der Waals surface area contributed by atoms with E-state index in [1.807, 2.05) is 20.8 Å². The lowest BCUT2D eigenvalue weighted by molar-refractivity contribution is -0.120. The molecule has 15 heavy (non-hydrogen) atoms. The fraction of sp³-hybridized carbons (Fsp3) is 0.917. The van der Waals surface area contributed by atoms with Crippen molar-refractivity contribution in [3.05, 3.63) is 0 Å². The molecule has 0 heterocycles. The molecule has 0 spiro atoms. The summed E-state index contributed by atoms with van der Waals surface area (Å²) in [6.07, 6.45) is 4.64. The largest absolute Gasteiger partial charge is 0.368 e. The van der Waals surface area contributed by atoms with Crippen LogP contribution in [-0.4, -0.2) is 23.8 Å². The van der Waals surface area contributed by atoms with Gasteiger partial charge in [0.25, 0.3) is 0 Å². The van der Waals surface area contributed by atoms with Gasteiger partial charge >= 0.3 is 0 Å². The third kappa shape index (κ3) is 16.3. The van der Waals surface area contributed by atoms with E-state index in [0.717, 1.165) is 25.7 Å². The first-order valence-electron chi connectivity index (χ1n) is 5.98. The Morgan fingerprint density at radius 2 is 1.73 bits per heavy atom. The number of aliphatic hydroxyl groups excluding tert-OH is 1. The SMILES string of the molecule is CC.CCOC(C)O.O=C1CCCCC1. The first-order valence-corrected chi connectivity index (χ1v) is 5.98. The summed E-state index contributed by atoms with van der Waals surface area (Å²) in [5, 5.41) is 8.33. The van der Waals surface area contributed by atoms with Crippen molar-refractivity contribution in [2.24, 2.45) is 0 Å². The van der Waals surface area contributed by atoms with Crippen molar-refractivity contribution < 1.29 is 14.6 Å². The van der Waals surface area contributed by atoms with Gasteiger partial charge in [-0.3, -0.25) is 4.79 Å². The smallest absolute Gasteiger partial charge is 0.151 e. The van der Waals surface area contributed by atoms with E-state index in [2.05, 4.69) is 4.74 Å². The Morgan fingerprint density at radius 1 is 1.27 bits per heavy atom. The zero-order chi connectivity index (χ0) is 12.1. The second-order valence-corrected chi connectivity index (χ2v) is 3.15. The number of carbonyl (C=O) groups is 1. The number of Topliss-reactive ketones (excluding diaryl/α,β-unsaturated/α-hetero) is 1. The molecular weight excluding hydrogens is 192 g/mol. The van der Waals surface area contributed by atoms with Gasteiger partial charge in [0.2, 0.25) is 0 Å². The molecule has 1 atom stereocenters. The summed E-state index contributed by atoms with van der Waals surface area (Å²) >= 11 is 0. The molecule has 1 aliphatic carbocycles. The summed E-state index contributed by atoms with van der Waals surface area (Å²) in [5.41, 5.74) is 0.